The van der Waals surface area contributed by atoms with E-state index in [9.17, 15) is 14.3 Å². The van der Waals surface area contributed by atoms with Crippen molar-refractivity contribution >= 4 is 5.78 Å². The molecule has 0 radical (unpaired) electrons. The van der Waals surface area contributed by atoms with Crippen LogP contribution in [0.1, 0.15) is 41.6 Å². The summed E-state index contributed by atoms with van der Waals surface area (Å²) in [7, 11) is 1.63. The number of carbonyl (C=O) groups is 1. The van der Waals surface area contributed by atoms with E-state index >= 15 is 0 Å². The minimum Gasteiger partial charge on any atom is -0.497 e. The fraction of sp³-hybridized carbons (Fsp3) is 0.409. The molecule has 2 aromatic carbocycles. The summed E-state index contributed by atoms with van der Waals surface area (Å²) in [6.07, 6.45) is 2.55. The largest absolute Gasteiger partial charge is 0.497 e. The van der Waals surface area contributed by atoms with Gasteiger partial charge in [0.05, 0.1) is 12.7 Å². The van der Waals surface area contributed by atoms with Crippen LogP contribution in [0.25, 0.3) is 0 Å². The van der Waals surface area contributed by atoms with Gasteiger partial charge in [-0.15, -0.1) is 0 Å². The highest BCUT2D eigenvalue weighted by Crippen LogP contribution is 2.33. The molecule has 1 aliphatic rings. The molecule has 0 saturated carbocycles. The number of hydrogen-bond acceptors (Lipinski definition) is 4. The molecule has 0 bridgehead atoms. The minimum absolute atomic E-state index is 0.0433. The van der Waals surface area contributed by atoms with Crippen molar-refractivity contribution in [2.24, 2.45) is 0 Å². The number of methoxy groups -OCH3 is 1. The molecule has 1 saturated heterocycles. The van der Waals surface area contributed by atoms with Gasteiger partial charge in [0.2, 0.25) is 0 Å². The number of hydrogen-bond donors (Lipinski definition) is 1. The predicted octanol–water partition coefficient (Wildman–Crippen LogP) is 3.78. The van der Waals surface area contributed by atoms with Crippen molar-refractivity contribution in [2.45, 2.75) is 31.3 Å². The van der Waals surface area contributed by atoms with Gasteiger partial charge in [-0.05, 0) is 67.8 Å². The van der Waals surface area contributed by atoms with Crippen LogP contribution in [0.15, 0.2) is 48.5 Å². The molecule has 1 N–H and O–H groups in total. The number of aliphatic hydroxyl groups is 1. The summed E-state index contributed by atoms with van der Waals surface area (Å²) in [5.74, 6) is 0.497. The lowest BCUT2D eigenvalue weighted by Crippen LogP contribution is -2.42. The quantitative estimate of drug-likeness (QED) is 0.753. The fourth-order valence-corrected chi connectivity index (χ4v) is 3.58. The third-order valence-corrected chi connectivity index (χ3v) is 5.35. The van der Waals surface area contributed by atoms with Crippen LogP contribution < -0.4 is 4.74 Å². The maximum Gasteiger partial charge on any atom is 0.162 e. The molecule has 1 aliphatic heterocycles. The Labute approximate surface area is 159 Å². The van der Waals surface area contributed by atoms with E-state index in [4.69, 9.17) is 4.74 Å². The zero-order valence-corrected chi connectivity index (χ0v) is 15.7. The molecule has 5 heteroatoms. The molecule has 27 heavy (non-hydrogen) atoms. The Morgan fingerprint density at radius 1 is 1.11 bits per heavy atom. The van der Waals surface area contributed by atoms with Crippen molar-refractivity contribution in [3.05, 3.63) is 65.5 Å². The van der Waals surface area contributed by atoms with Crippen molar-refractivity contribution < 1.29 is 19.0 Å². The zero-order chi connectivity index (χ0) is 19.3. The Hall–Kier alpha value is -2.24. The van der Waals surface area contributed by atoms with Crippen LogP contribution in [0.3, 0.4) is 0 Å². The summed E-state index contributed by atoms with van der Waals surface area (Å²) in [5, 5.41) is 11.0. The van der Waals surface area contributed by atoms with Crippen LogP contribution in [0.4, 0.5) is 4.39 Å². The van der Waals surface area contributed by atoms with E-state index in [2.05, 4.69) is 4.90 Å². The number of halogens is 1. The van der Waals surface area contributed by atoms with Gasteiger partial charge in [0.1, 0.15) is 11.6 Å². The number of likely N-dealkylation sites (tertiary alicyclic amines) is 1. The molecule has 0 spiro atoms. The van der Waals surface area contributed by atoms with E-state index in [1.54, 1.807) is 7.11 Å². The number of benzene rings is 2. The molecular weight excluding hydrogens is 345 g/mol. The summed E-state index contributed by atoms with van der Waals surface area (Å²) >= 11 is 0. The van der Waals surface area contributed by atoms with E-state index in [-0.39, 0.29) is 11.6 Å². The molecule has 0 aliphatic carbocycles. The average molecular weight is 371 g/mol. The van der Waals surface area contributed by atoms with Crippen LogP contribution in [0.2, 0.25) is 0 Å². The first-order chi connectivity index (χ1) is 13.0. The number of piperidine rings is 1. The Morgan fingerprint density at radius 3 is 2.33 bits per heavy atom. The van der Waals surface area contributed by atoms with E-state index < -0.39 is 5.60 Å². The second-order valence-electron chi connectivity index (χ2n) is 7.14. The van der Waals surface area contributed by atoms with Crippen molar-refractivity contribution in [1.29, 1.82) is 0 Å². The molecule has 2 aromatic rings. The molecular formula is C22H26FNO3. The van der Waals surface area contributed by atoms with Crippen molar-refractivity contribution in [1.82, 2.24) is 4.90 Å². The second-order valence-corrected chi connectivity index (χ2v) is 7.14. The fourth-order valence-electron chi connectivity index (χ4n) is 3.58. The third kappa shape index (κ3) is 4.93. The van der Waals surface area contributed by atoms with Crippen LogP contribution in [-0.2, 0) is 5.60 Å². The monoisotopic (exact) mass is 371 g/mol. The van der Waals surface area contributed by atoms with Crippen molar-refractivity contribution in [2.75, 3.05) is 26.7 Å². The molecule has 1 fully saturated rings. The third-order valence-electron chi connectivity index (χ3n) is 5.35. The van der Waals surface area contributed by atoms with Crippen LogP contribution in [-0.4, -0.2) is 42.5 Å². The second kappa shape index (κ2) is 8.63. The molecule has 0 atom stereocenters. The Morgan fingerprint density at radius 2 is 1.74 bits per heavy atom. The van der Waals surface area contributed by atoms with E-state index in [1.807, 2.05) is 24.3 Å². The summed E-state index contributed by atoms with van der Waals surface area (Å²) in [6.45, 7) is 2.42. The lowest BCUT2D eigenvalue weighted by Gasteiger charge is -2.38. The van der Waals surface area contributed by atoms with Crippen LogP contribution in [0.5, 0.6) is 5.75 Å². The predicted molar refractivity (Wildman–Crippen MR) is 103 cm³/mol. The zero-order valence-electron chi connectivity index (χ0n) is 15.7. The highest BCUT2D eigenvalue weighted by Gasteiger charge is 2.33. The Bertz CT molecular complexity index is 750. The Kier molecular flexibility index (Phi) is 6.24. The van der Waals surface area contributed by atoms with Crippen molar-refractivity contribution in [3.8, 4) is 5.75 Å². The molecule has 0 unspecified atom stereocenters. The van der Waals surface area contributed by atoms with Gasteiger partial charge in [-0.1, -0.05) is 12.1 Å². The summed E-state index contributed by atoms with van der Waals surface area (Å²) < 4.78 is 18.1. The summed E-state index contributed by atoms with van der Waals surface area (Å²) in [5.41, 5.74) is 0.686. The van der Waals surface area contributed by atoms with Gasteiger partial charge >= 0.3 is 0 Å². The first kappa shape index (κ1) is 19.5. The van der Waals surface area contributed by atoms with Gasteiger partial charge in [0, 0.05) is 25.1 Å². The number of carbonyl (C=O) groups excluding carboxylic acids is 1. The minimum atomic E-state index is -0.799. The van der Waals surface area contributed by atoms with Gasteiger partial charge in [-0.3, -0.25) is 4.79 Å². The molecule has 3 rings (SSSR count). The highest BCUT2D eigenvalue weighted by molar-refractivity contribution is 5.95. The number of Topliss-reactive ketones (excluding diaryl/α,β-unsaturated/α-hetero) is 1. The molecule has 0 aromatic heterocycles. The number of ketones is 1. The SMILES string of the molecule is COc1ccc(C2(O)CCN(CCCC(=O)c3ccc(F)cc3)CC2)cc1. The first-order valence-corrected chi connectivity index (χ1v) is 9.38. The number of ether oxygens (including phenoxy) is 1. The van der Waals surface area contributed by atoms with Gasteiger partial charge in [0.15, 0.2) is 5.78 Å². The van der Waals surface area contributed by atoms with Crippen LogP contribution >= 0.6 is 0 Å². The van der Waals surface area contributed by atoms with Gasteiger partial charge in [-0.2, -0.15) is 0 Å². The summed E-state index contributed by atoms with van der Waals surface area (Å²) in [6, 6.07) is 13.3. The smallest absolute Gasteiger partial charge is 0.162 e. The Balaban J connectivity index is 1.45. The molecule has 1 heterocycles. The van der Waals surface area contributed by atoms with Crippen molar-refractivity contribution in [3.63, 3.8) is 0 Å². The number of rotatable bonds is 7. The molecule has 144 valence electrons. The maximum absolute atomic E-state index is 12.9. The highest BCUT2D eigenvalue weighted by atomic mass is 19.1. The maximum atomic E-state index is 12.9. The summed E-state index contributed by atoms with van der Waals surface area (Å²) in [4.78, 5) is 14.4. The molecule has 0 amide bonds. The topological polar surface area (TPSA) is 49.8 Å². The lowest BCUT2D eigenvalue weighted by atomic mass is 9.84. The van der Waals surface area contributed by atoms with E-state index in [0.717, 1.165) is 37.4 Å². The van der Waals surface area contributed by atoms with E-state index in [0.29, 0.717) is 24.8 Å². The lowest BCUT2D eigenvalue weighted by molar-refractivity contribution is -0.0260. The standard InChI is InChI=1S/C22H26FNO3/c1-27-20-10-6-18(7-11-20)22(26)12-15-24(16-13-22)14-2-3-21(25)17-4-8-19(23)9-5-17/h4-11,26H,2-3,12-16H2,1H3. The van der Waals surface area contributed by atoms with Gasteiger partial charge in [0.25, 0.3) is 0 Å². The van der Waals surface area contributed by atoms with E-state index in [1.165, 1.54) is 24.3 Å². The average Bonchev–Trinajstić information content (AvgIpc) is 2.70. The normalized spacial score (nSPS) is 16.9. The first-order valence-electron chi connectivity index (χ1n) is 9.38. The number of nitrogens with zero attached hydrogens (tertiary/aromatic N) is 1. The van der Waals surface area contributed by atoms with Crippen LogP contribution in [0, 0.1) is 5.82 Å². The molecule has 4 nitrogen and oxygen atoms in total. The van der Waals surface area contributed by atoms with Gasteiger partial charge < -0.3 is 14.7 Å². The van der Waals surface area contributed by atoms with Gasteiger partial charge in [-0.25, -0.2) is 4.39 Å².